The molecule has 0 spiro atoms. The second-order valence-corrected chi connectivity index (χ2v) is 4.86. The second kappa shape index (κ2) is 2.83. The Bertz CT molecular complexity index is 634. The van der Waals surface area contributed by atoms with Gasteiger partial charge in [0.1, 0.15) is 0 Å². The molecule has 2 nitrogen and oxygen atoms in total. The van der Waals surface area contributed by atoms with Crippen LogP contribution in [0.5, 0.6) is 0 Å². The van der Waals surface area contributed by atoms with E-state index in [2.05, 4.69) is 0 Å². The summed E-state index contributed by atoms with van der Waals surface area (Å²) >= 11 is 0. The molecule has 0 fully saturated rings. The van der Waals surface area contributed by atoms with Gasteiger partial charge in [0.25, 0.3) is 0 Å². The highest BCUT2D eigenvalue weighted by Crippen LogP contribution is 2.49. The van der Waals surface area contributed by atoms with Gasteiger partial charge in [0.15, 0.2) is 11.6 Å². The van der Waals surface area contributed by atoms with Crippen molar-refractivity contribution in [2.24, 2.45) is 11.8 Å². The minimum Gasteiger partial charge on any atom is -0.293 e. The average Bonchev–Trinajstić information content (AvgIpc) is 3.14. The van der Waals surface area contributed by atoms with Crippen LogP contribution in [-0.4, -0.2) is 11.6 Å². The third kappa shape index (κ3) is 1.05. The van der Waals surface area contributed by atoms with Gasteiger partial charge in [0.05, 0.1) is 11.8 Å². The molecule has 0 bridgehead atoms. The van der Waals surface area contributed by atoms with Crippen molar-refractivity contribution in [3.8, 4) is 0 Å². The molecule has 0 aliphatic heterocycles. The van der Waals surface area contributed by atoms with Crippen LogP contribution in [-0.2, 0) is 0 Å². The maximum absolute atomic E-state index is 12.4. The minimum atomic E-state index is -0.251. The zero-order valence-corrected chi connectivity index (χ0v) is 9.14. The molecule has 3 aliphatic carbocycles. The van der Waals surface area contributed by atoms with Gasteiger partial charge >= 0.3 is 0 Å². The third-order valence-electron chi connectivity index (χ3n) is 3.95. The fraction of sp³-hybridized carbons (Fsp3) is 0.200. The van der Waals surface area contributed by atoms with E-state index in [9.17, 15) is 9.59 Å². The molecular formula is C15H10O2. The van der Waals surface area contributed by atoms with Gasteiger partial charge in [-0.2, -0.15) is 0 Å². The maximum Gasteiger partial charge on any atom is 0.171 e. The Morgan fingerprint density at radius 1 is 1.00 bits per heavy atom. The van der Waals surface area contributed by atoms with Crippen LogP contribution in [0.4, 0.5) is 0 Å². The SMILES string of the molecule is O=C1c2ccccc2C(=O)C2C3=C(C=CC12)C3. The van der Waals surface area contributed by atoms with Gasteiger partial charge in [-0.15, -0.1) is 0 Å². The van der Waals surface area contributed by atoms with Crippen LogP contribution in [0.25, 0.3) is 0 Å². The fourth-order valence-corrected chi connectivity index (χ4v) is 3.00. The van der Waals surface area contributed by atoms with Gasteiger partial charge in [0, 0.05) is 11.1 Å². The number of fused-ring (bicyclic) bond motifs is 3. The van der Waals surface area contributed by atoms with Gasteiger partial charge in [-0.25, -0.2) is 0 Å². The summed E-state index contributed by atoms with van der Waals surface area (Å²) < 4.78 is 0. The maximum atomic E-state index is 12.4. The highest BCUT2D eigenvalue weighted by molar-refractivity contribution is 6.18. The Kier molecular flexibility index (Phi) is 1.52. The Morgan fingerprint density at radius 3 is 2.47 bits per heavy atom. The normalized spacial score (nSPS) is 28.7. The van der Waals surface area contributed by atoms with Crippen molar-refractivity contribution in [3.63, 3.8) is 0 Å². The predicted molar refractivity (Wildman–Crippen MR) is 62.9 cm³/mol. The Hall–Kier alpha value is -1.96. The highest BCUT2D eigenvalue weighted by atomic mass is 16.1. The highest BCUT2D eigenvalue weighted by Gasteiger charge is 2.47. The topological polar surface area (TPSA) is 34.1 Å². The minimum absolute atomic E-state index is 0.0971. The van der Waals surface area contributed by atoms with E-state index >= 15 is 0 Å². The number of ketones is 2. The summed E-state index contributed by atoms with van der Waals surface area (Å²) in [4.78, 5) is 24.7. The largest absolute Gasteiger partial charge is 0.293 e. The van der Waals surface area contributed by atoms with Crippen molar-refractivity contribution in [1.82, 2.24) is 0 Å². The van der Waals surface area contributed by atoms with Gasteiger partial charge in [-0.05, 0) is 12.0 Å². The summed E-state index contributed by atoms with van der Waals surface area (Å²) in [7, 11) is 0. The first-order valence-electron chi connectivity index (χ1n) is 5.85. The molecule has 0 saturated heterocycles. The van der Waals surface area contributed by atoms with Gasteiger partial charge in [-0.3, -0.25) is 9.59 Å². The molecule has 3 aliphatic rings. The lowest BCUT2D eigenvalue weighted by molar-refractivity contribution is 0.0797. The average molecular weight is 222 g/mol. The molecule has 4 rings (SSSR count). The first-order valence-corrected chi connectivity index (χ1v) is 5.85. The summed E-state index contributed by atoms with van der Waals surface area (Å²) in [5.41, 5.74) is 3.64. The monoisotopic (exact) mass is 222 g/mol. The van der Waals surface area contributed by atoms with E-state index in [1.54, 1.807) is 12.1 Å². The van der Waals surface area contributed by atoms with Crippen LogP contribution in [0.3, 0.4) is 0 Å². The molecule has 0 saturated carbocycles. The number of hydrogen-bond acceptors (Lipinski definition) is 2. The van der Waals surface area contributed by atoms with Crippen molar-refractivity contribution in [2.75, 3.05) is 0 Å². The number of rotatable bonds is 0. The van der Waals surface area contributed by atoms with E-state index < -0.39 is 0 Å². The van der Waals surface area contributed by atoms with Crippen molar-refractivity contribution in [3.05, 3.63) is 58.7 Å². The van der Waals surface area contributed by atoms with Gasteiger partial charge in [0.2, 0.25) is 0 Å². The molecule has 1 aromatic carbocycles. The molecule has 0 heterocycles. The molecule has 82 valence electrons. The summed E-state index contributed by atoms with van der Waals surface area (Å²) in [6.45, 7) is 0. The Labute approximate surface area is 98.6 Å². The zero-order valence-electron chi connectivity index (χ0n) is 9.14. The molecule has 0 aromatic heterocycles. The zero-order chi connectivity index (χ0) is 11.6. The molecule has 2 unspecified atom stereocenters. The number of Topliss-reactive ketones (excluding diaryl/α,β-unsaturated/α-hetero) is 2. The van der Waals surface area contributed by atoms with Crippen LogP contribution in [0, 0.1) is 11.8 Å². The van der Waals surface area contributed by atoms with E-state index in [1.165, 1.54) is 11.1 Å². The second-order valence-electron chi connectivity index (χ2n) is 4.86. The molecule has 2 atom stereocenters. The van der Waals surface area contributed by atoms with E-state index in [0.717, 1.165) is 6.42 Å². The lowest BCUT2D eigenvalue weighted by Gasteiger charge is -2.28. The van der Waals surface area contributed by atoms with Crippen molar-refractivity contribution in [1.29, 1.82) is 0 Å². The van der Waals surface area contributed by atoms with E-state index in [1.807, 2.05) is 24.3 Å². The van der Waals surface area contributed by atoms with Crippen LogP contribution < -0.4 is 0 Å². The molecule has 17 heavy (non-hydrogen) atoms. The molecule has 1 aromatic rings. The third-order valence-corrected chi connectivity index (χ3v) is 3.95. The van der Waals surface area contributed by atoms with Crippen LogP contribution in [0.1, 0.15) is 27.1 Å². The number of allylic oxidation sites excluding steroid dienone is 4. The number of hydrogen-bond donors (Lipinski definition) is 0. The first-order chi connectivity index (χ1) is 8.27. The van der Waals surface area contributed by atoms with Crippen LogP contribution in [0.2, 0.25) is 0 Å². The predicted octanol–water partition coefficient (Wildman–Crippen LogP) is 2.57. The summed E-state index contributed by atoms with van der Waals surface area (Å²) in [5.74, 6) is -0.226. The lowest BCUT2D eigenvalue weighted by atomic mass is 9.72. The number of benzene rings is 1. The molecule has 0 N–H and O–H groups in total. The van der Waals surface area contributed by atoms with E-state index in [-0.39, 0.29) is 23.4 Å². The Balaban J connectivity index is 1.95. The fourth-order valence-electron chi connectivity index (χ4n) is 3.00. The smallest absolute Gasteiger partial charge is 0.171 e. The standard InChI is InChI=1S/C15H10O2/c16-14-9-3-1-2-4-10(9)15(17)13-11(14)6-5-8-7-12(8)13/h1-6,11,13H,7H2. The van der Waals surface area contributed by atoms with E-state index in [0.29, 0.717) is 11.1 Å². The van der Waals surface area contributed by atoms with Crippen molar-refractivity contribution in [2.45, 2.75) is 6.42 Å². The summed E-state index contributed by atoms with van der Waals surface area (Å²) in [5, 5.41) is 0. The Morgan fingerprint density at radius 2 is 1.71 bits per heavy atom. The van der Waals surface area contributed by atoms with Crippen molar-refractivity contribution >= 4 is 11.6 Å². The van der Waals surface area contributed by atoms with Gasteiger partial charge in [-0.1, -0.05) is 42.0 Å². The molecule has 0 amide bonds. The summed E-state index contributed by atoms with van der Waals surface area (Å²) in [6, 6.07) is 7.17. The summed E-state index contributed by atoms with van der Waals surface area (Å²) in [6.07, 6.45) is 4.83. The van der Waals surface area contributed by atoms with Crippen LogP contribution in [0.15, 0.2) is 47.6 Å². The lowest BCUT2D eigenvalue weighted by Crippen LogP contribution is -2.35. The van der Waals surface area contributed by atoms with E-state index in [4.69, 9.17) is 0 Å². The number of carbonyl (C=O) groups is 2. The van der Waals surface area contributed by atoms with Crippen LogP contribution >= 0.6 is 0 Å². The quantitative estimate of drug-likeness (QED) is 0.676. The van der Waals surface area contributed by atoms with Crippen molar-refractivity contribution < 1.29 is 9.59 Å². The molecule has 2 heteroatoms. The molecule has 0 radical (unpaired) electrons. The number of carbonyl (C=O) groups excluding carboxylic acids is 2. The molecular weight excluding hydrogens is 212 g/mol. The first kappa shape index (κ1) is 9.11. The van der Waals surface area contributed by atoms with Gasteiger partial charge < -0.3 is 0 Å².